The Kier molecular flexibility index (Phi) is 7.96. The maximum atomic E-state index is 14.4. The fourth-order valence-electron chi connectivity index (χ4n) is 4.75. The van der Waals surface area contributed by atoms with Crippen molar-refractivity contribution in [3.05, 3.63) is 143 Å². The number of halogens is 3. The maximum absolute atomic E-state index is 14.4. The molecule has 0 spiro atoms. The number of hydrogen-bond donors (Lipinski definition) is 1. The van der Waals surface area contributed by atoms with Crippen molar-refractivity contribution in [3.63, 3.8) is 0 Å². The van der Waals surface area contributed by atoms with Gasteiger partial charge in [0.1, 0.15) is 11.5 Å². The van der Waals surface area contributed by atoms with Crippen molar-refractivity contribution in [1.29, 1.82) is 0 Å². The summed E-state index contributed by atoms with van der Waals surface area (Å²) in [6.45, 7) is 0. The molecule has 38 heavy (non-hydrogen) atoms. The van der Waals surface area contributed by atoms with E-state index in [2.05, 4.69) is 5.32 Å². The number of esters is 1. The monoisotopic (exact) mass is 517 g/mol. The molecule has 4 aromatic rings. The van der Waals surface area contributed by atoms with Gasteiger partial charge in [-0.1, -0.05) is 109 Å². The Labute approximate surface area is 219 Å². The van der Waals surface area contributed by atoms with E-state index in [1.165, 1.54) is 18.2 Å². The average molecular weight is 518 g/mol. The van der Waals surface area contributed by atoms with E-state index < -0.39 is 41.5 Å². The van der Waals surface area contributed by atoms with Crippen molar-refractivity contribution in [1.82, 2.24) is 5.32 Å². The van der Waals surface area contributed by atoms with Gasteiger partial charge in [-0.3, -0.25) is 4.79 Å². The zero-order valence-corrected chi connectivity index (χ0v) is 20.6. The van der Waals surface area contributed by atoms with E-state index in [0.717, 1.165) is 13.2 Å². The van der Waals surface area contributed by atoms with Gasteiger partial charge < -0.3 is 10.1 Å². The quantitative estimate of drug-likeness (QED) is 0.233. The second-order valence-corrected chi connectivity index (χ2v) is 8.76. The Morgan fingerprint density at radius 3 is 1.55 bits per heavy atom. The molecule has 0 saturated heterocycles. The minimum Gasteiger partial charge on any atom is -0.467 e. The number of hydrogen-bond acceptors (Lipinski definition) is 3. The first-order valence-electron chi connectivity index (χ1n) is 12.0. The predicted molar refractivity (Wildman–Crippen MR) is 138 cm³/mol. The van der Waals surface area contributed by atoms with Crippen LogP contribution in [0, 0.1) is 0 Å². The number of nitrogens with one attached hydrogen (secondary N) is 1. The van der Waals surface area contributed by atoms with E-state index in [1.54, 1.807) is 36.4 Å². The summed E-state index contributed by atoms with van der Waals surface area (Å²) in [4.78, 5) is 27.3. The third kappa shape index (κ3) is 5.32. The molecule has 1 amide bonds. The van der Waals surface area contributed by atoms with Crippen LogP contribution in [0.1, 0.15) is 27.8 Å². The molecule has 0 aliphatic carbocycles. The molecule has 0 fully saturated rings. The lowest BCUT2D eigenvalue weighted by Crippen LogP contribution is -2.53. The molecule has 4 rings (SSSR count). The Morgan fingerprint density at radius 2 is 1.13 bits per heavy atom. The van der Waals surface area contributed by atoms with E-state index in [9.17, 15) is 22.8 Å². The van der Waals surface area contributed by atoms with Crippen molar-refractivity contribution < 1.29 is 27.5 Å². The Balaban J connectivity index is 1.85. The summed E-state index contributed by atoms with van der Waals surface area (Å²) in [7, 11) is 1.13. The summed E-state index contributed by atoms with van der Waals surface area (Å²) in [6.07, 6.45) is -5.02. The third-order valence-corrected chi connectivity index (χ3v) is 6.50. The van der Waals surface area contributed by atoms with Crippen molar-refractivity contribution in [2.45, 2.75) is 24.1 Å². The van der Waals surface area contributed by atoms with Crippen LogP contribution in [-0.4, -0.2) is 25.0 Å². The van der Waals surface area contributed by atoms with E-state index in [4.69, 9.17) is 4.74 Å². The van der Waals surface area contributed by atoms with Gasteiger partial charge in [0.05, 0.1) is 12.7 Å². The largest absolute Gasteiger partial charge is 0.467 e. The number of amides is 1. The second kappa shape index (κ2) is 11.3. The fraction of sp³-hybridized carbons (Fsp3) is 0.161. The second-order valence-electron chi connectivity index (χ2n) is 8.76. The summed E-state index contributed by atoms with van der Waals surface area (Å²) < 4.78 is 46.0. The summed E-state index contributed by atoms with van der Waals surface area (Å²) in [5.74, 6) is -1.42. The molecule has 4 aromatic carbocycles. The molecule has 0 aliphatic rings. The van der Waals surface area contributed by atoms with E-state index in [0.29, 0.717) is 16.7 Å². The van der Waals surface area contributed by atoms with Crippen LogP contribution in [0.3, 0.4) is 0 Å². The van der Waals surface area contributed by atoms with E-state index >= 15 is 0 Å². The molecule has 0 heterocycles. The van der Waals surface area contributed by atoms with Gasteiger partial charge in [-0.05, 0) is 28.3 Å². The van der Waals surface area contributed by atoms with Gasteiger partial charge in [-0.15, -0.1) is 0 Å². The molecule has 1 N–H and O–H groups in total. The average Bonchev–Trinajstić information content (AvgIpc) is 2.94. The van der Waals surface area contributed by atoms with E-state index in [1.807, 2.05) is 54.6 Å². The summed E-state index contributed by atoms with van der Waals surface area (Å²) in [5, 5.41) is 2.75. The van der Waals surface area contributed by atoms with Crippen LogP contribution < -0.4 is 5.32 Å². The molecule has 4 nitrogen and oxygen atoms in total. The van der Waals surface area contributed by atoms with Crippen molar-refractivity contribution in [2.24, 2.45) is 0 Å². The zero-order chi connectivity index (χ0) is 27.2. The molecule has 0 unspecified atom stereocenters. The summed E-state index contributed by atoms with van der Waals surface area (Å²) in [5.41, 5.74) is -0.499. The Morgan fingerprint density at radius 1 is 0.711 bits per heavy atom. The number of alkyl halides is 3. The lowest BCUT2D eigenvalue weighted by Gasteiger charge is -2.35. The van der Waals surface area contributed by atoms with Gasteiger partial charge in [-0.2, -0.15) is 13.2 Å². The predicted octanol–water partition coefficient (Wildman–Crippen LogP) is 5.94. The summed E-state index contributed by atoms with van der Waals surface area (Å²) in [6, 6.07) is 30.8. The van der Waals surface area contributed by atoms with Crippen LogP contribution in [0.15, 0.2) is 115 Å². The Hall–Kier alpha value is -4.39. The smallest absolute Gasteiger partial charge is 0.416 e. The zero-order valence-electron chi connectivity index (χ0n) is 20.6. The van der Waals surface area contributed by atoms with Crippen molar-refractivity contribution in [3.8, 4) is 0 Å². The summed E-state index contributed by atoms with van der Waals surface area (Å²) >= 11 is 0. The van der Waals surface area contributed by atoms with Gasteiger partial charge in [0, 0.05) is 6.42 Å². The number of carbonyl (C=O) groups is 2. The number of rotatable bonds is 8. The first-order valence-corrected chi connectivity index (χ1v) is 12.0. The van der Waals surface area contributed by atoms with Gasteiger partial charge in [0.25, 0.3) is 0 Å². The minimum absolute atomic E-state index is 0.125. The van der Waals surface area contributed by atoms with Crippen LogP contribution in [0.5, 0.6) is 0 Å². The van der Waals surface area contributed by atoms with Crippen LogP contribution in [0.25, 0.3) is 0 Å². The number of methoxy groups -OCH3 is 1. The molecular weight excluding hydrogens is 491 g/mol. The van der Waals surface area contributed by atoms with Gasteiger partial charge in [0.15, 0.2) is 0 Å². The highest BCUT2D eigenvalue weighted by atomic mass is 19.4. The van der Waals surface area contributed by atoms with Crippen LogP contribution in [-0.2, 0) is 32.3 Å². The van der Waals surface area contributed by atoms with Gasteiger partial charge >= 0.3 is 12.1 Å². The molecule has 0 bridgehead atoms. The normalized spacial score (nSPS) is 12.4. The highest BCUT2D eigenvalue weighted by Crippen LogP contribution is 2.40. The Bertz CT molecular complexity index is 1280. The van der Waals surface area contributed by atoms with Gasteiger partial charge in [0.2, 0.25) is 5.91 Å². The first kappa shape index (κ1) is 26.7. The number of carbonyl (C=O) groups excluding carboxylic acids is 2. The fourth-order valence-corrected chi connectivity index (χ4v) is 4.75. The molecule has 7 heteroatoms. The number of benzene rings is 4. The highest BCUT2D eigenvalue weighted by Gasteiger charge is 2.45. The molecule has 0 radical (unpaired) electrons. The molecular formula is C31H26F3NO3. The first-order chi connectivity index (χ1) is 18.3. The van der Waals surface area contributed by atoms with Gasteiger partial charge in [-0.25, -0.2) is 4.79 Å². The van der Waals surface area contributed by atoms with Crippen LogP contribution in [0.2, 0.25) is 0 Å². The van der Waals surface area contributed by atoms with Crippen LogP contribution >= 0.6 is 0 Å². The van der Waals surface area contributed by atoms with Crippen LogP contribution in [0.4, 0.5) is 13.2 Å². The molecule has 0 aliphatic heterocycles. The van der Waals surface area contributed by atoms with Crippen molar-refractivity contribution >= 4 is 11.9 Å². The molecule has 1 atom stereocenters. The molecule has 0 saturated carbocycles. The highest BCUT2D eigenvalue weighted by molar-refractivity contribution is 5.98. The lowest BCUT2D eigenvalue weighted by molar-refractivity contribution is -0.146. The molecule has 194 valence electrons. The van der Waals surface area contributed by atoms with E-state index in [-0.39, 0.29) is 5.56 Å². The lowest BCUT2D eigenvalue weighted by atomic mass is 9.68. The molecule has 0 aromatic heterocycles. The SMILES string of the molecule is COC(=O)[C@@H](Cc1ccccc1C(F)(F)F)NC(=O)C(c1ccccc1)(c1ccccc1)c1ccccc1. The standard InChI is InChI=1S/C31H26F3NO3/c1-38-28(36)27(21-22-13-11-12-20-26(22)31(32,33)34)35-29(37)30(23-14-5-2-6-15-23,24-16-7-3-8-17-24)25-18-9-4-10-19-25/h2-20,27H,21H2,1H3,(H,35,37)/t27-/m1/s1. The van der Waals surface area contributed by atoms with Crippen molar-refractivity contribution in [2.75, 3.05) is 7.11 Å². The number of ether oxygens (including phenoxy) is 1. The maximum Gasteiger partial charge on any atom is 0.416 e. The minimum atomic E-state index is -4.62. The third-order valence-electron chi connectivity index (χ3n) is 6.50. The topological polar surface area (TPSA) is 55.4 Å².